The minimum Gasteiger partial charge on any atom is -0.334 e. The molecule has 1 aliphatic heterocycles. The Morgan fingerprint density at radius 1 is 1.18 bits per heavy atom. The first kappa shape index (κ1) is 19.5. The Hall–Kier alpha value is -3.28. The van der Waals surface area contributed by atoms with E-state index in [0.717, 1.165) is 24.2 Å². The minimum absolute atomic E-state index is 0.0138. The van der Waals surface area contributed by atoms with Crippen LogP contribution in [0.2, 0.25) is 0 Å². The summed E-state index contributed by atoms with van der Waals surface area (Å²) in [5.41, 5.74) is 3.74. The van der Waals surface area contributed by atoms with Gasteiger partial charge in [-0.3, -0.25) is 4.90 Å². The molecule has 4 amide bonds. The third-order valence-corrected chi connectivity index (χ3v) is 4.63. The third kappa shape index (κ3) is 4.91. The van der Waals surface area contributed by atoms with Crippen LogP contribution in [-0.2, 0) is 6.54 Å². The number of urea groups is 2. The maximum absolute atomic E-state index is 13.0. The van der Waals surface area contributed by atoms with Crippen LogP contribution in [0.1, 0.15) is 17.5 Å². The van der Waals surface area contributed by atoms with Gasteiger partial charge in [0.15, 0.2) is 0 Å². The predicted molar refractivity (Wildman–Crippen MR) is 113 cm³/mol. The number of nitrogens with zero attached hydrogens (tertiary/aromatic N) is 2. The Balaban J connectivity index is 1.69. The number of hydrogen-bond donors (Lipinski definition) is 2. The van der Waals surface area contributed by atoms with E-state index < -0.39 is 0 Å². The number of anilines is 2. The molecular weight excluding hydrogens is 352 g/mol. The summed E-state index contributed by atoms with van der Waals surface area (Å²) in [5, 5.41) is 5.45. The van der Waals surface area contributed by atoms with Crippen LogP contribution in [0, 0.1) is 6.92 Å². The molecule has 2 aromatic carbocycles. The molecule has 146 valence electrons. The fraction of sp³-hybridized carbons (Fsp3) is 0.273. The molecule has 3 rings (SSSR count). The topological polar surface area (TPSA) is 64.7 Å². The monoisotopic (exact) mass is 378 g/mol. The Morgan fingerprint density at radius 3 is 2.71 bits per heavy atom. The van der Waals surface area contributed by atoms with Crippen molar-refractivity contribution in [2.24, 2.45) is 0 Å². The highest BCUT2D eigenvalue weighted by Crippen LogP contribution is 2.24. The smallest absolute Gasteiger partial charge is 0.324 e. The number of amides is 4. The number of hydrogen-bond acceptors (Lipinski definition) is 2. The SMILES string of the molecule is C=CCNC(=O)Nc1cccc(N2CCCN(Cc3ccc(C)cc3)C2=O)c1. The van der Waals surface area contributed by atoms with Gasteiger partial charge in [-0.1, -0.05) is 42.0 Å². The molecule has 0 saturated carbocycles. The molecule has 6 nitrogen and oxygen atoms in total. The van der Waals surface area contributed by atoms with Crippen LogP contribution in [0.3, 0.4) is 0 Å². The van der Waals surface area contributed by atoms with Gasteiger partial charge >= 0.3 is 12.1 Å². The fourth-order valence-electron chi connectivity index (χ4n) is 3.17. The van der Waals surface area contributed by atoms with Gasteiger partial charge in [0.2, 0.25) is 0 Å². The summed E-state index contributed by atoms with van der Waals surface area (Å²) in [5.74, 6) is 0. The quantitative estimate of drug-likeness (QED) is 0.742. The average molecular weight is 378 g/mol. The number of aryl methyl sites for hydroxylation is 1. The molecule has 0 bridgehead atoms. The third-order valence-electron chi connectivity index (χ3n) is 4.63. The van der Waals surface area contributed by atoms with Crippen LogP contribution in [0.15, 0.2) is 61.2 Å². The molecule has 0 radical (unpaired) electrons. The highest BCUT2D eigenvalue weighted by Gasteiger charge is 2.27. The van der Waals surface area contributed by atoms with Gasteiger partial charge in [0.1, 0.15) is 0 Å². The zero-order valence-electron chi connectivity index (χ0n) is 16.1. The largest absolute Gasteiger partial charge is 0.334 e. The Labute approximate surface area is 165 Å². The van der Waals surface area contributed by atoms with E-state index in [1.807, 2.05) is 23.1 Å². The first-order valence-corrected chi connectivity index (χ1v) is 9.44. The van der Waals surface area contributed by atoms with E-state index in [1.165, 1.54) is 5.56 Å². The van der Waals surface area contributed by atoms with E-state index in [4.69, 9.17) is 0 Å². The van der Waals surface area contributed by atoms with Gasteiger partial charge in [-0.15, -0.1) is 6.58 Å². The second-order valence-corrected chi connectivity index (χ2v) is 6.87. The lowest BCUT2D eigenvalue weighted by Gasteiger charge is -2.36. The van der Waals surface area contributed by atoms with Crippen molar-refractivity contribution in [3.63, 3.8) is 0 Å². The molecule has 0 aromatic heterocycles. The molecule has 1 fully saturated rings. The Kier molecular flexibility index (Phi) is 6.32. The lowest BCUT2D eigenvalue weighted by Crippen LogP contribution is -2.49. The molecule has 0 atom stereocenters. The molecular formula is C22H26N4O2. The minimum atomic E-state index is -0.303. The number of carbonyl (C=O) groups excluding carboxylic acids is 2. The van der Waals surface area contributed by atoms with Crippen molar-refractivity contribution in [1.29, 1.82) is 0 Å². The molecule has 1 saturated heterocycles. The van der Waals surface area contributed by atoms with Crippen molar-refractivity contribution >= 4 is 23.4 Å². The van der Waals surface area contributed by atoms with Crippen molar-refractivity contribution in [3.05, 3.63) is 72.3 Å². The first-order chi connectivity index (χ1) is 13.6. The van der Waals surface area contributed by atoms with Gasteiger partial charge in [0, 0.05) is 37.6 Å². The highest BCUT2D eigenvalue weighted by atomic mass is 16.2. The van der Waals surface area contributed by atoms with Gasteiger partial charge in [-0.25, -0.2) is 9.59 Å². The molecule has 28 heavy (non-hydrogen) atoms. The van der Waals surface area contributed by atoms with E-state index in [2.05, 4.69) is 48.4 Å². The average Bonchev–Trinajstić information content (AvgIpc) is 2.70. The molecule has 0 spiro atoms. The van der Waals surface area contributed by atoms with Crippen LogP contribution in [0.25, 0.3) is 0 Å². The standard InChI is InChI=1S/C22H26N4O2/c1-3-12-23-21(27)24-19-6-4-7-20(15-19)26-14-5-13-25(22(26)28)16-18-10-8-17(2)9-11-18/h3-4,6-11,15H,1,5,12-14,16H2,2H3,(H2,23,24,27). The van der Waals surface area contributed by atoms with Gasteiger partial charge < -0.3 is 15.5 Å². The summed E-state index contributed by atoms with van der Waals surface area (Å²) in [6.45, 7) is 8.02. The summed E-state index contributed by atoms with van der Waals surface area (Å²) in [4.78, 5) is 28.5. The lowest BCUT2D eigenvalue weighted by molar-refractivity contribution is 0.192. The summed E-state index contributed by atoms with van der Waals surface area (Å²) in [7, 11) is 0. The molecule has 2 aromatic rings. The summed E-state index contributed by atoms with van der Waals surface area (Å²) >= 11 is 0. The van der Waals surface area contributed by atoms with Crippen LogP contribution in [-0.4, -0.2) is 36.6 Å². The Bertz CT molecular complexity index is 848. The lowest BCUT2D eigenvalue weighted by atomic mass is 10.1. The maximum atomic E-state index is 13.0. The number of benzene rings is 2. The van der Waals surface area contributed by atoms with Crippen molar-refractivity contribution in [1.82, 2.24) is 10.2 Å². The van der Waals surface area contributed by atoms with E-state index in [9.17, 15) is 9.59 Å². The predicted octanol–water partition coefficient (Wildman–Crippen LogP) is 4.13. The van der Waals surface area contributed by atoms with Crippen LogP contribution < -0.4 is 15.5 Å². The molecule has 0 unspecified atom stereocenters. The van der Waals surface area contributed by atoms with Gasteiger partial charge in [0.25, 0.3) is 0 Å². The van der Waals surface area contributed by atoms with E-state index in [0.29, 0.717) is 25.3 Å². The van der Waals surface area contributed by atoms with E-state index in [-0.39, 0.29) is 12.1 Å². The zero-order chi connectivity index (χ0) is 19.9. The first-order valence-electron chi connectivity index (χ1n) is 9.44. The number of carbonyl (C=O) groups is 2. The van der Waals surface area contributed by atoms with Crippen LogP contribution >= 0.6 is 0 Å². The highest BCUT2D eigenvalue weighted by molar-refractivity contribution is 5.95. The van der Waals surface area contributed by atoms with Crippen LogP contribution in [0.4, 0.5) is 21.0 Å². The van der Waals surface area contributed by atoms with E-state index in [1.54, 1.807) is 17.0 Å². The molecule has 6 heteroatoms. The zero-order valence-corrected chi connectivity index (χ0v) is 16.1. The second-order valence-electron chi connectivity index (χ2n) is 6.87. The molecule has 2 N–H and O–H groups in total. The summed E-state index contributed by atoms with van der Waals surface area (Å²) < 4.78 is 0. The number of rotatable bonds is 6. The summed E-state index contributed by atoms with van der Waals surface area (Å²) in [6.07, 6.45) is 2.51. The summed E-state index contributed by atoms with van der Waals surface area (Å²) in [6, 6.07) is 15.3. The van der Waals surface area contributed by atoms with Crippen molar-refractivity contribution in [2.75, 3.05) is 29.9 Å². The fourth-order valence-corrected chi connectivity index (χ4v) is 3.17. The maximum Gasteiger partial charge on any atom is 0.324 e. The van der Waals surface area contributed by atoms with Gasteiger partial charge in [-0.2, -0.15) is 0 Å². The molecule has 0 aliphatic carbocycles. The van der Waals surface area contributed by atoms with Gasteiger partial charge in [-0.05, 0) is 37.1 Å². The molecule has 1 heterocycles. The molecule has 1 aliphatic rings. The van der Waals surface area contributed by atoms with Gasteiger partial charge in [0.05, 0.1) is 0 Å². The van der Waals surface area contributed by atoms with Crippen molar-refractivity contribution < 1.29 is 9.59 Å². The normalized spacial score (nSPS) is 14.0. The number of nitrogens with one attached hydrogen (secondary N) is 2. The van der Waals surface area contributed by atoms with Crippen molar-refractivity contribution in [2.45, 2.75) is 19.9 Å². The van der Waals surface area contributed by atoms with Crippen LogP contribution in [0.5, 0.6) is 0 Å². The van der Waals surface area contributed by atoms with Crippen molar-refractivity contribution in [3.8, 4) is 0 Å². The Morgan fingerprint density at radius 2 is 1.96 bits per heavy atom. The van der Waals surface area contributed by atoms with E-state index >= 15 is 0 Å². The second kappa shape index (κ2) is 9.08.